The van der Waals surface area contributed by atoms with Gasteiger partial charge >= 0.3 is 0 Å². The van der Waals surface area contributed by atoms with Gasteiger partial charge < -0.3 is 0 Å². The maximum absolute atomic E-state index is 12.5. The van der Waals surface area contributed by atoms with Crippen LogP contribution in [0.4, 0.5) is 0 Å². The van der Waals surface area contributed by atoms with Crippen LogP contribution in [0.3, 0.4) is 0 Å². The molecule has 0 amide bonds. The van der Waals surface area contributed by atoms with Crippen LogP contribution in [0, 0.1) is 0 Å². The van der Waals surface area contributed by atoms with E-state index in [9.17, 15) is 13.2 Å². The van der Waals surface area contributed by atoms with E-state index in [2.05, 4.69) is 6.92 Å². The highest BCUT2D eigenvalue weighted by atomic mass is 32.2. The highest BCUT2D eigenvalue weighted by Gasteiger charge is 2.13. The van der Waals surface area contributed by atoms with Crippen molar-refractivity contribution < 1.29 is 13.2 Å². The summed E-state index contributed by atoms with van der Waals surface area (Å²) in [4.78, 5) is 12.7. The van der Waals surface area contributed by atoms with Gasteiger partial charge in [0, 0.05) is 17.4 Å². The predicted molar refractivity (Wildman–Crippen MR) is 83.4 cm³/mol. The first-order valence-electron chi connectivity index (χ1n) is 6.85. The number of sulfone groups is 1. The molecule has 2 aromatic rings. The van der Waals surface area contributed by atoms with E-state index in [0.717, 1.165) is 24.7 Å². The lowest BCUT2D eigenvalue weighted by atomic mass is 10.00. The number of ketones is 1. The van der Waals surface area contributed by atoms with E-state index in [1.54, 1.807) is 18.2 Å². The molecule has 2 rings (SSSR count). The molecule has 0 aliphatic heterocycles. The van der Waals surface area contributed by atoms with E-state index < -0.39 is 9.84 Å². The Bertz CT molecular complexity index is 761. The molecule has 0 bridgehead atoms. The second-order valence-corrected chi connectivity index (χ2v) is 7.10. The van der Waals surface area contributed by atoms with Gasteiger partial charge in [0.2, 0.25) is 0 Å². The molecule has 21 heavy (non-hydrogen) atoms. The van der Waals surface area contributed by atoms with Crippen molar-refractivity contribution in [1.82, 2.24) is 0 Å². The van der Waals surface area contributed by atoms with Gasteiger partial charge in [-0.05, 0) is 30.2 Å². The summed E-state index contributed by atoms with van der Waals surface area (Å²) in [5, 5.41) is 0. The average molecular weight is 302 g/mol. The van der Waals surface area contributed by atoms with Gasteiger partial charge in [0.05, 0.1) is 4.90 Å². The molecule has 4 heteroatoms. The molecule has 0 fully saturated rings. The lowest BCUT2D eigenvalue weighted by molar-refractivity contribution is 0.103. The third kappa shape index (κ3) is 3.79. The third-order valence-corrected chi connectivity index (χ3v) is 4.36. The number of benzene rings is 2. The second-order valence-electron chi connectivity index (χ2n) is 5.08. The van der Waals surface area contributed by atoms with Crippen LogP contribution < -0.4 is 0 Å². The molecule has 0 saturated heterocycles. The summed E-state index contributed by atoms with van der Waals surface area (Å²) in [6.45, 7) is 2.09. The minimum Gasteiger partial charge on any atom is -0.289 e. The van der Waals surface area contributed by atoms with Crippen molar-refractivity contribution >= 4 is 15.6 Å². The monoisotopic (exact) mass is 302 g/mol. The van der Waals surface area contributed by atoms with Gasteiger partial charge in [-0.2, -0.15) is 0 Å². The number of carbonyl (C=O) groups is 1. The molecule has 0 unspecified atom stereocenters. The zero-order chi connectivity index (χ0) is 15.5. The molecule has 0 atom stereocenters. The van der Waals surface area contributed by atoms with E-state index in [1.165, 1.54) is 12.1 Å². The summed E-state index contributed by atoms with van der Waals surface area (Å²) in [6.07, 6.45) is 3.07. The Morgan fingerprint density at radius 3 is 2.24 bits per heavy atom. The smallest absolute Gasteiger partial charge is 0.193 e. The van der Waals surface area contributed by atoms with Crippen LogP contribution in [-0.2, 0) is 16.3 Å². The fourth-order valence-corrected chi connectivity index (χ4v) is 2.86. The predicted octanol–water partition coefficient (Wildman–Crippen LogP) is 3.27. The zero-order valence-electron chi connectivity index (χ0n) is 12.2. The maximum atomic E-state index is 12.5. The molecule has 0 radical (unpaired) electrons. The van der Waals surface area contributed by atoms with E-state index in [-0.39, 0.29) is 10.7 Å². The van der Waals surface area contributed by atoms with Crippen molar-refractivity contribution in [1.29, 1.82) is 0 Å². The topological polar surface area (TPSA) is 51.2 Å². The van der Waals surface area contributed by atoms with Crippen LogP contribution in [0.5, 0.6) is 0 Å². The Labute approximate surface area is 125 Å². The Morgan fingerprint density at radius 2 is 1.62 bits per heavy atom. The molecule has 3 nitrogen and oxygen atoms in total. The minimum atomic E-state index is -3.31. The Hall–Kier alpha value is -1.94. The molecular formula is C17H18O3S. The average Bonchev–Trinajstić information content (AvgIpc) is 2.46. The van der Waals surface area contributed by atoms with E-state index in [0.29, 0.717) is 11.1 Å². The van der Waals surface area contributed by atoms with Crippen LogP contribution in [0.2, 0.25) is 0 Å². The van der Waals surface area contributed by atoms with Gasteiger partial charge in [-0.1, -0.05) is 43.7 Å². The van der Waals surface area contributed by atoms with E-state index in [4.69, 9.17) is 0 Å². The third-order valence-electron chi connectivity index (χ3n) is 3.25. The van der Waals surface area contributed by atoms with Crippen molar-refractivity contribution in [2.75, 3.05) is 6.26 Å². The molecule has 0 aliphatic rings. The Morgan fingerprint density at radius 1 is 1.00 bits per heavy atom. The first-order valence-corrected chi connectivity index (χ1v) is 8.74. The van der Waals surface area contributed by atoms with Crippen molar-refractivity contribution in [2.45, 2.75) is 24.7 Å². The minimum absolute atomic E-state index is 0.154. The van der Waals surface area contributed by atoms with Crippen LogP contribution in [0.1, 0.15) is 34.8 Å². The van der Waals surface area contributed by atoms with Gasteiger partial charge in [0.15, 0.2) is 15.6 Å². The van der Waals surface area contributed by atoms with Gasteiger partial charge in [-0.3, -0.25) is 4.79 Å². The first-order chi connectivity index (χ1) is 9.91. The van der Waals surface area contributed by atoms with Crippen molar-refractivity contribution in [3.8, 4) is 0 Å². The molecule has 0 saturated carbocycles. The highest BCUT2D eigenvalue weighted by Crippen LogP contribution is 2.16. The second kappa shape index (κ2) is 6.22. The summed E-state index contributed by atoms with van der Waals surface area (Å²) >= 11 is 0. The molecule has 0 spiro atoms. The van der Waals surface area contributed by atoms with Crippen molar-refractivity contribution in [3.05, 3.63) is 65.2 Å². The van der Waals surface area contributed by atoms with Gasteiger partial charge in [-0.15, -0.1) is 0 Å². The summed E-state index contributed by atoms with van der Waals surface area (Å²) in [5.74, 6) is -0.154. The quantitative estimate of drug-likeness (QED) is 0.796. The number of hydrogen-bond acceptors (Lipinski definition) is 3. The molecule has 0 aliphatic carbocycles. The lowest BCUT2D eigenvalue weighted by Crippen LogP contribution is -2.04. The fraction of sp³-hybridized carbons (Fsp3) is 0.235. The van der Waals surface area contributed by atoms with Crippen LogP contribution >= 0.6 is 0 Å². The highest BCUT2D eigenvalue weighted by molar-refractivity contribution is 7.90. The molecule has 110 valence electrons. The van der Waals surface area contributed by atoms with Crippen molar-refractivity contribution in [3.63, 3.8) is 0 Å². The standard InChI is InChI=1S/C17H18O3S/c1-3-6-13-7-4-8-14(11-13)17(18)15-9-5-10-16(12-15)21(2,19)20/h4-5,7-12H,3,6H2,1-2H3. The Kier molecular flexibility index (Phi) is 4.58. The number of carbonyl (C=O) groups excluding carboxylic acids is 1. The molecule has 0 N–H and O–H groups in total. The van der Waals surface area contributed by atoms with Gasteiger partial charge in [0.1, 0.15) is 0 Å². The van der Waals surface area contributed by atoms with Crippen molar-refractivity contribution in [2.24, 2.45) is 0 Å². The molecule has 2 aromatic carbocycles. The van der Waals surface area contributed by atoms with E-state index in [1.807, 2.05) is 18.2 Å². The van der Waals surface area contributed by atoms with Gasteiger partial charge in [-0.25, -0.2) is 8.42 Å². The fourth-order valence-electron chi connectivity index (χ4n) is 2.19. The summed E-state index contributed by atoms with van der Waals surface area (Å²) < 4.78 is 23.1. The summed E-state index contributed by atoms with van der Waals surface area (Å²) in [5.41, 5.74) is 2.10. The number of aryl methyl sites for hydroxylation is 1. The lowest BCUT2D eigenvalue weighted by Gasteiger charge is -2.06. The number of hydrogen-bond donors (Lipinski definition) is 0. The molecule has 0 heterocycles. The van der Waals surface area contributed by atoms with E-state index >= 15 is 0 Å². The summed E-state index contributed by atoms with van der Waals surface area (Å²) in [6, 6.07) is 13.7. The normalized spacial score (nSPS) is 11.3. The number of rotatable bonds is 5. The first kappa shape index (κ1) is 15.4. The van der Waals surface area contributed by atoms with Gasteiger partial charge in [0.25, 0.3) is 0 Å². The summed E-state index contributed by atoms with van der Waals surface area (Å²) in [7, 11) is -3.31. The van der Waals surface area contributed by atoms with Crippen LogP contribution in [0.25, 0.3) is 0 Å². The van der Waals surface area contributed by atoms with Crippen LogP contribution in [0.15, 0.2) is 53.4 Å². The molecule has 0 aromatic heterocycles. The SMILES string of the molecule is CCCc1cccc(C(=O)c2cccc(S(C)(=O)=O)c2)c1. The molecular weight excluding hydrogens is 284 g/mol. The largest absolute Gasteiger partial charge is 0.289 e. The zero-order valence-corrected chi connectivity index (χ0v) is 13.0. The maximum Gasteiger partial charge on any atom is 0.193 e. The van der Waals surface area contributed by atoms with Crippen LogP contribution in [-0.4, -0.2) is 20.5 Å². The Balaban J connectivity index is 2.38.